The Labute approximate surface area is 215 Å². The molecular weight excluding hydrogens is 466 g/mol. The number of methoxy groups -OCH3 is 1. The Morgan fingerprint density at radius 1 is 1.11 bits per heavy atom. The van der Waals surface area contributed by atoms with Gasteiger partial charge in [0.25, 0.3) is 5.91 Å². The third kappa shape index (κ3) is 3.62. The predicted octanol–water partition coefficient (Wildman–Crippen LogP) is 4.43. The molecule has 190 valence electrons. The van der Waals surface area contributed by atoms with Crippen LogP contribution in [0.25, 0.3) is 22.0 Å². The summed E-state index contributed by atoms with van der Waals surface area (Å²) in [4.78, 5) is 17.7. The molecule has 3 aliphatic heterocycles. The summed E-state index contributed by atoms with van der Waals surface area (Å²) < 4.78 is 14.1. The number of rotatable bonds is 4. The molecule has 0 aliphatic carbocycles. The fourth-order valence-corrected chi connectivity index (χ4v) is 6.44. The molecule has 0 radical (unpaired) electrons. The summed E-state index contributed by atoms with van der Waals surface area (Å²) in [5, 5.41) is 8.09. The molecule has 3 aliphatic rings. The molecule has 8 nitrogen and oxygen atoms in total. The molecule has 2 atom stereocenters. The first kappa shape index (κ1) is 22.4. The lowest BCUT2D eigenvalue weighted by Crippen LogP contribution is -2.51. The average molecular weight is 498 g/mol. The van der Waals surface area contributed by atoms with Crippen LogP contribution in [0.5, 0.6) is 5.75 Å². The Kier molecular flexibility index (Phi) is 5.08. The van der Waals surface area contributed by atoms with Crippen molar-refractivity contribution in [3.63, 3.8) is 0 Å². The lowest BCUT2D eigenvalue weighted by Gasteiger charge is -2.45. The maximum absolute atomic E-state index is 13.3. The molecule has 5 heterocycles. The Balaban J connectivity index is 1.03. The molecule has 2 unspecified atom stereocenters. The topological polar surface area (TPSA) is 78.9 Å². The molecule has 7 rings (SSSR count). The summed E-state index contributed by atoms with van der Waals surface area (Å²) in [5.74, 6) is 0.963. The Morgan fingerprint density at radius 3 is 2.73 bits per heavy atom. The summed E-state index contributed by atoms with van der Waals surface area (Å²) in [6.45, 7) is 2.50. The molecule has 3 saturated heterocycles. The van der Waals surface area contributed by atoms with Crippen LogP contribution in [0.3, 0.4) is 0 Å². The standard InChI is InChI=1S/C29H31N5O3/c1-32-11-7-19-3-4-20(15-24(19)32)27(35)33-12-8-29(9-13-33)10-14-34(28-26(29)37-28)22-5-6-23(25(16-22)36-2)21-17-30-31-18-21/h3-7,11,15-18,26,28H,8-10,12-14H2,1-2H3,(H,30,31). The zero-order chi connectivity index (χ0) is 25.1. The predicted molar refractivity (Wildman–Crippen MR) is 142 cm³/mol. The van der Waals surface area contributed by atoms with E-state index in [1.165, 1.54) is 0 Å². The zero-order valence-corrected chi connectivity index (χ0v) is 21.2. The second-order valence-electron chi connectivity index (χ2n) is 10.6. The van der Waals surface area contributed by atoms with Crippen LogP contribution >= 0.6 is 0 Å². The number of anilines is 1. The van der Waals surface area contributed by atoms with Crippen LogP contribution in [0.1, 0.15) is 29.6 Å². The van der Waals surface area contributed by atoms with E-state index in [-0.39, 0.29) is 23.7 Å². The van der Waals surface area contributed by atoms with Gasteiger partial charge in [0.2, 0.25) is 0 Å². The van der Waals surface area contributed by atoms with Crippen molar-refractivity contribution >= 4 is 22.5 Å². The number of hydrogen-bond donors (Lipinski definition) is 1. The fraction of sp³-hybridized carbons (Fsp3) is 0.379. The van der Waals surface area contributed by atoms with E-state index in [4.69, 9.17) is 9.47 Å². The van der Waals surface area contributed by atoms with E-state index in [1.54, 1.807) is 13.3 Å². The maximum Gasteiger partial charge on any atom is 0.253 e. The van der Waals surface area contributed by atoms with Crippen molar-refractivity contribution in [2.75, 3.05) is 31.6 Å². The van der Waals surface area contributed by atoms with Crippen LogP contribution in [-0.2, 0) is 11.8 Å². The third-order valence-corrected chi connectivity index (χ3v) is 8.74. The molecule has 0 saturated carbocycles. The minimum Gasteiger partial charge on any atom is -0.496 e. The van der Waals surface area contributed by atoms with Crippen LogP contribution in [-0.4, -0.2) is 64.6 Å². The fourth-order valence-electron chi connectivity index (χ4n) is 6.44. The van der Waals surface area contributed by atoms with Crippen LogP contribution in [0.4, 0.5) is 5.69 Å². The maximum atomic E-state index is 13.3. The molecule has 0 bridgehead atoms. The molecule has 1 N–H and O–H groups in total. The average Bonchev–Trinajstić information content (AvgIpc) is 3.41. The van der Waals surface area contributed by atoms with Crippen LogP contribution in [0.2, 0.25) is 0 Å². The zero-order valence-electron chi connectivity index (χ0n) is 21.2. The molecule has 8 heteroatoms. The highest BCUT2D eigenvalue weighted by Crippen LogP contribution is 2.54. The lowest BCUT2D eigenvalue weighted by molar-refractivity contribution is 0.0468. The van der Waals surface area contributed by atoms with Crippen molar-refractivity contribution in [3.8, 4) is 16.9 Å². The van der Waals surface area contributed by atoms with Crippen molar-refractivity contribution in [2.24, 2.45) is 12.5 Å². The van der Waals surface area contributed by atoms with Crippen molar-refractivity contribution < 1.29 is 14.3 Å². The number of amides is 1. The number of aromatic nitrogens is 3. The number of H-pyrrole nitrogens is 1. The summed E-state index contributed by atoms with van der Waals surface area (Å²) in [7, 11) is 3.72. The number of hydrogen-bond acceptors (Lipinski definition) is 5. The minimum absolute atomic E-state index is 0.0974. The number of nitrogens with one attached hydrogen (secondary N) is 1. The highest BCUT2D eigenvalue weighted by atomic mass is 16.6. The number of benzene rings is 2. The normalized spacial score (nSPS) is 22.3. The molecule has 4 aromatic rings. The van der Waals surface area contributed by atoms with E-state index >= 15 is 0 Å². The van der Waals surface area contributed by atoms with E-state index in [2.05, 4.69) is 43.9 Å². The van der Waals surface area contributed by atoms with Gasteiger partial charge in [0.15, 0.2) is 6.23 Å². The number of aryl methyl sites for hydroxylation is 1. The number of ether oxygens (including phenoxy) is 2. The summed E-state index contributed by atoms with van der Waals surface area (Å²) in [6, 6.07) is 14.4. The van der Waals surface area contributed by atoms with E-state index in [0.717, 1.165) is 77.9 Å². The molecular formula is C29H31N5O3. The van der Waals surface area contributed by atoms with Gasteiger partial charge in [0.1, 0.15) is 11.9 Å². The number of epoxide rings is 1. The number of likely N-dealkylation sites (tertiary alicyclic amines) is 1. The second-order valence-corrected chi connectivity index (χ2v) is 10.6. The van der Waals surface area contributed by atoms with Crippen LogP contribution in [0, 0.1) is 5.41 Å². The molecule has 2 aromatic heterocycles. The van der Waals surface area contributed by atoms with Gasteiger partial charge in [-0.3, -0.25) is 9.89 Å². The first-order valence-corrected chi connectivity index (χ1v) is 13.0. The molecule has 37 heavy (non-hydrogen) atoms. The molecule has 1 amide bonds. The largest absolute Gasteiger partial charge is 0.496 e. The van der Waals surface area contributed by atoms with Crippen molar-refractivity contribution in [3.05, 3.63) is 66.6 Å². The summed E-state index contributed by atoms with van der Waals surface area (Å²) >= 11 is 0. The highest BCUT2D eigenvalue weighted by Gasteiger charge is 2.60. The van der Waals surface area contributed by atoms with Gasteiger partial charge in [-0.15, -0.1) is 0 Å². The van der Waals surface area contributed by atoms with Gasteiger partial charge in [0.05, 0.1) is 13.3 Å². The van der Waals surface area contributed by atoms with Gasteiger partial charge in [0, 0.05) is 78.5 Å². The number of nitrogens with zero attached hydrogens (tertiary/aromatic N) is 4. The Bertz CT molecular complexity index is 1470. The van der Waals surface area contributed by atoms with Crippen molar-refractivity contribution in [1.82, 2.24) is 19.7 Å². The Morgan fingerprint density at radius 2 is 1.95 bits per heavy atom. The quantitative estimate of drug-likeness (QED) is 0.422. The molecule has 3 fully saturated rings. The van der Waals surface area contributed by atoms with Gasteiger partial charge in [-0.1, -0.05) is 6.07 Å². The van der Waals surface area contributed by atoms with Crippen molar-refractivity contribution in [1.29, 1.82) is 0 Å². The van der Waals surface area contributed by atoms with Gasteiger partial charge < -0.3 is 23.8 Å². The SMILES string of the molecule is COc1cc(N2CCC3(CCN(C(=O)c4ccc5ccn(C)c5c4)CC3)C3OC32)ccc1-c1cn[nH]c1. The number of carbonyl (C=O) groups excluding carboxylic acids is 1. The first-order chi connectivity index (χ1) is 18.1. The number of piperidine rings is 2. The first-order valence-electron chi connectivity index (χ1n) is 13.0. The smallest absolute Gasteiger partial charge is 0.253 e. The third-order valence-electron chi connectivity index (χ3n) is 8.74. The van der Waals surface area contributed by atoms with Gasteiger partial charge in [-0.2, -0.15) is 5.10 Å². The molecule has 1 spiro atoms. The van der Waals surface area contributed by atoms with Gasteiger partial charge in [-0.25, -0.2) is 0 Å². The minimum atomic E-state index is 0.0974. The van der Waals surface area contributed by atoms with Crippen molar-refractivity contribution in [2.45, 2.75) is 31.6 Å². The second kappa shape index (κ2) is 8.38. The number of aromatic amines is 1. The van der Waals surface area contributed by atoms with E-state index < -0.39 is 0 Å². The number of fused-ring (bicyclic) bond motifs is 3. The lowest BCUT2D eigenvalue weighted by atomic mass is 9.70. The monoisotopic (exact) mass is 497 g/mol. The summed E-state index contributed by atoms with van der Waals surface area (Å²) in [6.07, 6.45) is 9.08. The van der Waals surface area contributed by atoms with Gasteiger partial charge in [-0.05, 0) is 55.0 Å². The van der Waals surface area contributed by atoms with Gasteiger partial charge >= 0.3 is 0 Å². The summed E-state index contributed by atoms with van der Waals surface area (Å²) in [5.41, 5.74) is 5.16. The van der Waals surface area contributed by atoms with Crippen LogP contribution in [0.15, 0.2) is 61.1 Å². The van der Waals surface area contributed by atoms with E-state index in [1.807, 2.05) is 42.5 Å². The Hall–Kier alpha value is -3.78. The highest BCUT2D eigenvalue weighted by molar-refractivity contribution is 5.98. The van der Waals surface area contributed by atoms with E-state index in [0.29, 0.717) is 0 Å². The van der Waals surface area contributed by atoms with Crippen LogP contribution < -0.4 is 9.64 Å². The van der Waals surface area contributed by atoms with E-state index in [9.17, 15) is 4.79 Å². The number of carbonyl (C=O) groups is 1. The molecule has 2 aromatic carbocycles.